The fraction of sp³-hybridized carbons (Fsp3) is 0.227. The van der Waals surface area contributed by atoms with Gasteiger partial charge in [0, 0.05) is 31.9 Å². The number of rotatable bonds is 4. The second kappa shape index (κ2) is 7.99. The van der Waals surface area contributed by atoms with E-state index in [-0.39, 0.29) is 5.82 Å². The third-order valence-corrected chi connectivity index (χ3v) is 6.42. The number of nitrogens with zero attached hydrogens (tertiary/aromatic N) is 5. The lowest BCUT2D eigenvalue weighted by molar-refractivity contribution is 0.624. The number of fused-ring (bicyclic) bond motifs is 1. The van der Waals surface area contributed by atoms with E-state index < -0.39 is 0 Å². The Morgan fingerprint density at radius 1 is 1.00 bits per heavy atom. The van der Waals surface area contributed by atoms with Gasteiger partial charge in [0.15, 0.2) is 16.8 Å². The summed E-state index contributed by atoms with van der Waals surface area (Å²) in [6, 6.07) is 12.7. The molecule has 1 aliphatic rings. The third-order valence-electron chi connectivity index (χ3n) is 5.48. The standard InChI is InChI=1S/C22H22FN7S/c1-14-3-2-4-17-19(14)27-22(31-17)28-20-18(24)21(26-13-25-20)30-11-9-29(10-12-30)16-7-5-15(23)6-8-16/h2-8,13H,9-12,24H2,1H3,(H,25,26,27,28). The fourth-order valence-corrected chi connectivity index (χ4v) is 4.75. The molecule has 1 saturated heterocycles. The van der Waals surface area contributed by atoms with Crippen molar-refractivity contribution >= 4 is 49.7 Å². The molecule has 2 aromatic carbocycles. The maximum absolute atomic E-state index is 13.2. The van der Waals surface area contributed by atoms with Crippen molar-refractivity contribution in [1.29, 1.82) is 0 Å². The Bertz CT molecular complexity index is 1220. The van der Waals surface area contributed by atoms with Crippen LogP contribution in [0.15, 0.2) is 48.8 Å². The second-order valence-corrected chi connectivity index (χ2v) is 8.51. The van der Waals surface area contributed by atoms with Gasteiger partial charge in [-0.15, -0.1) is 0 Å². The van der Waals surface area contributed by atoms with Crippen LogP contribution in [-0.4, -0.2) is 41.1 Å². The van der Waals surface area contributed by atoms with Crippen molar-refractivity contribution in [3.05, 3.63) is 60.2 Å². The maximum atomic E-state index is 13.2. The predicted octanol–water partition coefficient (Wildman–Crippen LogP) is 4.19. The minimum Gasteiger partial charge on any atom is -0.393 e. The zero-order valence-corrected chi connectivity index (χ0v) is 17.9. The van der Waals surface area contributed by atoms with E-state index in [9.17, 15) is 4.39 Å². The second-order valence-electron chi connectivity index (χ2n) is 7.48. The molecule has 0 spiro atoms. The van der Waals surface area contributed by atoms with E-state index in [1.54, 1.807) is 11.3 Å². The van der Waals surface area contributed by atoms with Crippen molar-refractivity contribution in [2.75, 3.05) is 47.0 Å². The van der Waals surface area contributed by atoms with Gasteiger partial charge in [-0.3, -0.25) is 0 Å². The monoisotopic (exact) mass is 435 g/mol. The van der Waals surface area contributed by atoms with Gasteiger partial charge in [0.05, 0.1) is 10.2 Å². The van der Waals surface area contributed by atoms with Gasteiger partial charge in [-0.05, 0) is 42.8 Å². The Balaban J connectivity index is 1.32. The van der Waals surface area contributed by atoms with E-state index in [0.717, 1.165) is 52.8 Å². The molecule has 0 bridgehead atoms. The number of hydrogen-bond acceptors (Lipinski definition) is 8. The average Bonchev–Trinajstić information content (AvgIpc) is 3.20. The highest BCUT2D eigenvalue weighted by atomic mass is 32.1. The summed E-state index contributed by atoms with van der Waals surface area (Å²) in [5.41, 5.74) is 10.1. The van der Waals surface area contributed by atoms with Gasteiger partial charge in [-0.2, -0.15) is 0 Å². The number of aryl methyl sites for hydroxylation is 1. The highest BCUT2D eigenvalue weighted by Crippen LogP contribution is 2.33. The molecule has 0 unspecified atom stereocenters. The fourth-order valence-electron chi connectivity index (χ4n) is 3.81. The first-order valence-electron chi connectivity index (χ1n) is 10.1. The summed E-state index contributed by atoms with van der Waals surface area (Å²) in [6.07, 6.45) is 1.53. The van der Waals surface area contributed by atoms with Gasteiger partial charge >= 0.3 is 0 Å². The molecule has 3 heterocycles. The number of nitrogens with two attached hydrogens (primary N) is 1. The van der Waals surface area contributed by atoms with Crippen LogP contribution in [0.1, 0.15) is 5.56 Å². The molecule has 2 aromatic heterocycles. The molecule has 0 amide bonds. The van der Waals surface area contributed by atoms with Crippen molar-refractivity contribution in [3.8, 4) is 0 Å². The van der Waals surface area contributed by atoms with Crippen LogP contribution in [-0.2, 0) is 0 Å². The Hall–Kier alpha value is -3.46. The van der Waals surface area contributed by atoms with Crippen LogP contribution in [0.2, 0.25) is 0 Å². The molecular formula is C22H22FN7S. The minimum absolute atomic E-state index is 0.223. The number of thiazole rings is 1. The Morgan fingerprint density at radius 3 is 2.48 bits per heavy atom. The van der Waals surface area contributed by atoms with E-state index >= 15 is 0 Å². The van der Waals surface area contributed by atoms with Crippen molar-refractivity contribution in [2.45, 2.75) is 6.92 Å². The number of benzene rings is 2. The van der Waals surface area contributed by atoms with Crippen LogP contribution in [0.4, 0.5) is 32.5 Å². The largest absolute Gasteiger partial charge is 0.393 e. The van der Waals surface area contributed by atoms with Crippen LogP contribution in [0.25, 0.3) is 10.2 Å². The van der Waals surface area contributed by atoms with Gasteiger partial charge in [0.1, 0.15) is 17.8 Å². The summed E-state index contributed by atoms with van der Waals surface area (Å²) in [5.74, 6) is 1.05. The lowest BCUT2D eigenvalue weighted by Gasteiger charge is -2.37. The number of anilines is 5. The van der Waals surface area contributed by atoms with E-state index in [4.69, 9.17) is 5.73 Å². The molecule has 5 rings (SSSR count). The number of halogens is 1. The first-order valence-corrected chi connectivity index (χ1v) is 10.9. The van der Waals surface area contributed by atoms with E-state index in [2.05, 4.69) is 49.1 Å². The number of nitrogens with one attached hydrogen (secondary N) is 1. The molecular weight excluding hydrogens is 413 g/mol. The molecule has 1 aliphatic heterocycles. The average molecular weight is 436 g/mol. The topological polar surface area (TPSA) is 83.2 Å². The zero-order valence-electron chi connectivity index (χ0n) is 17.0. The van der Waals surface area contributed by atoms with Crippen LogP contribution in [0, 0.1) is 12.7 Å². The molecule has 1 fully saturated rings. The van der Waals surface area contributed by atoms with Gasteiger partial charge in [-0.1, -0.05) is 23.5 Å². The Morgan fingerprint density at radius 2 is 1.74 bits per heavy atom. The van der Waals surface area contributed by atoms with E-state index in [1.807, 2.05) is 18.2 Å². The highest BCUT2D eigenvalue weighted by Gasteiger charge is 2.22. The van der Waals surface area contributed by atoms with Gasteiger partial charge < -0.3 is 20.9 Å². The molecule has 0 radical (unpaired) electrons. The van der Waals surface area contributed by atoms with E-state index in [0.29, 0.717) is 17.3 Å². The third kappa shape index (κ3) is 3.84. The number of piperazine rings is 1. The number of aromatic nitrogens is 3. The van der Waals surface area contributed by atoms with Gasteiger partial charge in [0.25, 0.3) is 0 Å². The van der Waals surface area contributed by atoms with Crippen LogP contribution >= 0.6 is 11.3 Å². The zero-order chi connectivity index (χ0) is 21.4. The highest BCUT2D eigenvalue weighted by molar-refractivity contribution is 7.22. The lowest BCUT2D eigenvalue weighted by atomic mass is 10.2. The summed E-state index contributed by atoms with van der Waals surface area (Å²) in [4.78, 5) is 17.8. The maximum Gasteiger partial charge on any atom is 0.189 e. The molecule has 31 heavy (non-hydrogen) atoms. The summed E-state index contributed by atoms with van der Waals surface area (Å²) < 4.78 is 14.3. The number of hydrogen-bond donors (Lipinski definition) is 2. The van der Waals surface area contributed by atoms with Crippen molar-refractivity contribution in [2.24, 2.45) is 0 Å². The molecule has 7 nitrogen and oxygen atoms in total. The molecule has 0 saturated carbocycles. The smallest absolute Gasteiger partial charge is 0.189 e. The lowest BCUT2D eigenvalue weighted by Crippen LogP contribution is -2.47. The number of para-hydroxylation sites is 1. The summed E-state index contributed by atoms with van der Waals surface area (Å²) >= 11 is 1.57. The molecule has 158 valence electrons. The van der Waals surface area contributed by atoms with Crippen LogP contribution in [0.5, 0.6) is 0 Å². The Kier molecular flexibility index (Phi) is 5.03. The minimum atomic E-state index is -0.223. The summed E-state index contributed by atoms with van der Waals surface area (Å²) in [5, 5.41) is 4.02. The summed E-state index contributed by atoms with van der Waals surface area (Å²) in [7, 11) is 0. The molecule has 3 N–H and O–H groups in total. The Labute approximate surface area is 183 Å². The summed E-state index contributed by atoms with van der Waals surface area (Å²) in [6.45, 7) is 5.18. The van der Waals surface area contributed by atoms with Crippen molar-refractivity contribution in [1.82, 2.24) is 15.0 Å². The van der Waals surface area contributed by atoms with E-state index in [1.165, 1.54) is 18.5 Å². The van der Waals surface area contributed by atoms with Crippen LogP contribution in [0.3, 0.4) is 0 Å². The first kappa shape index (κ1) is 19.5. The molecule has 9 heteroatoms. The molecule has 0 aliphatic carbocycles. The van der Waals surface area contributed by atoms with Gasteiger partial charge in [0.2, 0.25) is 0 Å². The van der Waals surface area contributed by atoms with Crippen molar-refractivity contribution in [3.63, 3.8) is 0 Å². The molecule has 0 atom stereocenters. The predicted molar refractivity (Wildman–Crippen MR) is 125 cm³/mol. The molecule has 4 aromatic rings. The number of nitrogen functional groups attached to an aromatic ring is 1. The van der Waals surface area contributed by atoms with Crippen LogP contribution < -0.4 is 20.9 Å². The first-order chi connectivity index (χ1) is 15.1. The quantitative estimate of drug-likeness (QED) is 0.497. The van der Waals surface area contributed by atoms with Crippen molar-refractivity contribution < 1.29 is 4.39 Å². The normalized spacial score (nSPS) is 14.3. The van der Waals surface area contributed by atoms with Gasteiger partial charge in [-0.25, -0.2) is 19.3 Å². The SMILES string of the molecule is Cc1cccc2sc(Nc3ncnc(N4CCN(c5ccc(F)cc5)CC4)c3N)nc12.